The van der Waals surface area contributed by atoms with Gasteiger partial charge in [-0.2, -0.15) is 0 Å². The molecule has 14 heavy (non-hydrogen) atoms. The van der Waals surface area contributed by atoms with Crippen LogP contribution in [0.15, 0.2) is 0 Å². The minimum Gasteiger partial charge on any atom is -0.353 e. The third-order valence-corrected chi connectivity index (χ3v) is 4.46. The van der Waals surface area contributed by atoms with Crippen LogP contribution >= 0.6 is 0 Å². The van der Waals surface area contributed by atoms with E-state index < -0.39 is 0 Å². The quantitative estimate of drug-likeness (QED) is 0.635. The zero-order valence-electron chi connectivity index (χ0n) is 10.1. The van der Waals surface area contributed by atoms with E-state index in [9.17, 15) is 4.79 Å². The van der Waals surface area contributed by atoms with Gasteiger partial charge >= 0.3 is 0 Å². The molecule has 2 nitrogen and oxygen atoms in total. The average Bonchev–Trinajstić information content (AvgIpc) is 2.15. The monoisotopic (exact) mass is 197 g/mol. The fourth-order valence-corrected chi connectivity index (χ4v) is 2.78. The summed E-state index contributed by atoms with van der Waals surface area (Å²) in [5.41, 5.74) is 0.648. The summed E-state index contributed by atoms with van der Waals surface area (Å²) < 4.78 is 0. The van der Waals surface area contributed by atoms with Crippen molar-refractivity contribution in [3.05, 3.63) is 0 Å². The number of hydrogen-bond acceptors (Lipinski definition) is 1. The minimum atomic E-state index is 0.238. The Morgan fingerprint density at radius 3 is 2.21 bits per heavy atom. The number of nitrogens with one attached hydrogen (secondary N) is 1. The van der Waals surface area contributed by atoms with E-state index in [1.54, 1.807) is 0 Å². The summed E-state index contributed by atoms with van der Waals surface area (Å²) in [6.07, 6.45) is 3.22. The largest absolute Gasteiger partial charge is 0.353 e. The lowest BCUT2D eigenvalue weighted by molar-refractivity contribution is -0.151. The predicted octanol–water partition coefficient (Wildman–Crippen LogP) is 2.73. The molecule has 82 valence electrons. The summed E-state index contributed by atoms with van der Waals surface area (Å²) >= 11 is 0. The second-order valence-corrected chi connectivity index (χ2v) is 4.94. The van der Waals surface area contributed by atoms with Gasteiger partial charge in [-0.3, -0.25) is 4.79 Å². The summed E-state index contributed by atoms with van der Waals surface area (Å²) in [5.74, 6) is 0.238. The summed E-state index contributed by atoms with van der Waals surface area (Å²) in [6.45, 7) is 10.7. The maximum Gasteiger partial charge on any atom is 0.220 e. The van der Waals surface area contributed by atoms with Gasteiger partial charge in [-0.05, 0) is 30.6 Å². The van der Waals surface area contributed by atoms with Gasteiger partial charge in [-0.1, -0.05) is 27.7 Å². The van der Waals surface area contributed by atoms with Crippen molar-refractivity contribution < 1.29 is 4.79 Å². The standard InChI is InChI=1S/C10H17NO.C2H6/c1-7-10(3)5-4-9(10,2)6-8(12)11-7;1-2/h7H,4-6H2,1-3H3,(H,11,12);1-2H3. The smallest absolute Gasteiger partial charge is 0.220 e. The fraction of sp³-hybridized carbons (Fsp3) is 0.917. The Kier molecular flexibility index (Phi) is 2.93. The first-order valence-electron chi connectivity index (χ1n) is 5.77. The molecular formula is C12H23NO. The molecule has 2 rings (SSSR count). The van der Waals surface area contributed by atoms with Crippen LogP contribution in [-0.4, -0.2) is 11.9 Å². The highest BCUT2D eigenvalue weighted by Gasteiger charge is 2.58. The summed E-state index contributed by atoms with van der Waals surface area (Å²) in [7, 11) is 0. The molecule has 1 heterocycles. The first-order chi connectivity index (χ1) is 6.48. The molecule has 1 aliphatic heterocycles. The molecule has 0 spiro atoms. The van der Waals surface area contributed by atoms with E-state index in [1.165, 1.54) is 12.8 Å². The lowest BCUT2D eigenvalue weighted by Gasteiger charge is -2.62. The van der Waals surface area contributed by atoms with Gasteiger partial charge in [0.25, 0.3) is 0 Å². The summed E-state index contributed by atoms with van der Waals surface area (Å²) in [4.78, 5) is 11.3. The van der Waals surface area contributed by atoms with E-state index >= 15 is 0 Å². The van der Waals surface area contributed by atoms with Gasteiger partial charge in [0.05, 0.1) is 0 Å². The van der Waals surface area contributed by atoms with Gasteiger partial charge in [0.1, 0.15) is 0 Å². The van der Waals surface area contributed by atoms with Crippen molar-refractivity contribution in [2.75, 3.05) is 0 Å². The molecule has 0 aromatic rings. The molecule has 1 N–H and O–H groups in total. The lowest BCUT2D eigenvalue weighted by atomic mass is 9.46. The van der Waals surface area contributed by atoms with Gasteiger partial charge in [0.15, 0.2) is 0 Å². The molecule has 2 aliphatic rings. The highest BCUT2D eigenvalue weighted by Crippen LogP contribution is 2.61. The normalized spacial score (nSPS) is 45.2. The molecule has 2 fully saturated rings. The van der Waals surface area contributed by atoms with E-state index in [0.29, 0.717) is 11.5 Å². The molecule has 1 aliphatic carbocycles. The summed E-state index contributed by atoms with van der Waals surface area (Å²) in [6, 6.07) is 0.359. The van der Waals surface area contributed by atoms with Gasteiger partial charge < -0.3 is 5.32 Å². The molecule has 0 aromatic carbocycles. The van der Waals surface area contributed by atoms with Crippen LogP contribution in [0.4, 0.5) is 0 Å². The topological polar surface area (TPSA) is 29.1 Å². The molecule has 3 atom stereocenters. The Morgan fingerprint density at radius 1 is 1.29 bits per heavy atom. The Morgan fingerprint density at radius 2 is 1.86 bits per heavy atom. The molecule has 1 saturated carbocycles. The van der Waals surface area contributed by atoms with Crippen LogP contribution in [0.25, 0.3) is 0 Å². The van der Waals surface area contributed by atoms with Crippen molar-refractivity contribution in [3.8, 4) is 0 Å². The van der Waals surface area contributed by atoms with E-state index in [-0.39, 0.29) is 11.3 Å². The van der Waals surface area contributed by atoms with Crippen LogP contribution in [0, 0.1) is 10.8 Å². The van der Waals surface area contributed by atoms with Gasteiger partial charge in [0, 0.05) is 12.5 Å². The number of rotatable bonds is 0. The molecule has 1 saturated heterocycles. The van der Waals surface area contributed by atoms with Crippen molar-refractivity contribution >= 4 is 5.91 Å². The molecule has 2 heteroatoms. The third kappa shape index (κ3) is 1.35. The maximum atomic E-state index is 11.3. The Balaban J connectivity index is 0.000000461. The van der Waals surface area contributed by atoms with Crippen molar-refractivity contribution in [1.82, 2.24) is 5.32 Å². The van der Waals surface area contributed by atoms with E-state index in [0.717, 1.165) is 6.42 Å². The average molecular weight is 197 g/mol. The Bertz CT molecular complexity index is 238. The lowest BCUT2D eigenvalue weighted by Crippen LogP contribution is -2.64. The van der Waals surface area contributed by atoms with Gasteiger partial charge in [-0.15, -0.1) is 0 Å². The van der Waals surface area contributed by atoms with Crippen molar-refractivity contribution in [2.45, 2.75) is 59.9 Å². The first-order valence-corrected chi connectivity index (χ1v) is 5.77. The molecule has 1 amide bonds. The van der Waals surface area contributed by atoms with Gasteiger partial charge in [-0.25, -0.2) is 0 Å². The van der Waals surface area contributed by atoms with E-state index in [4.69, 9.17) is 0 Å². The second-order valence-electron chi connectivity index (χ2n) is 4.94. The zero-order valence-corrected chi connectivity index (χ0v) is 10.1. The Hall–Kier alpha value is -0.530. The van der Waals surface area contributed by atoms with E-state index in [1.807, 2.05) is 13.8 Å². The van der Waals surface area contributed by atoms with Gasteiger partial charge in [0.2, 0.25) is 5.91 Å². The van der Waals surface area contributed by atoms with Crippen LogP contribution in [-0.2, 0) is 4.79 Å². The van der Waals surface area contributed by atoms with Crippen LogP contribution in [0.5, 0.6) is 0 Å². The molecular weight excluding hydrogens is 174 g/mol. The molecule has 3 unspecified atom stereocenters. The zero-order chi connectivity index (χ0) is 11.0. The van der Waals surface area contributed by atoms with Crippen molar-refractivity contribution in [1.29, 1.82) is 0 Å². The van der Waals surface area contributed by atoms with Crippen LogP contribution in [0.3, 0.4) is 0 Å². The number of carbonyl (C=O) groups is 1. The van der Waals surface area contributed by atoms with Crippen LogP contribution in [0.2, 0.25) is 0 Å². The number of carbonyl (C=O) groups excluding carboxylic acids is 1. The van der Waals surface area contributed by atoms with Crippen LogP contribution < -0.4 is 5.32 Å². The molecule has 0 radical (unpaired) electrons. The number of amides is 1. The third-order valence-electron chi connectivity index (χ3n) is 4.46. The molecule has 0 bridgehead atoms. The van der Waals surface area contributed by atoms with Crippen LogP contribution in [0.1, 0.15) is 53.9 Å². The second kappa shape index (κ2) is 3.56. The Labute approximate surface area is 87.5 Å². The number of hydrogen-bond donors (Lipinski definition) is 1. The van der Waals surface area contributed by atoms with Crippen molar-refractivity contribution in [3.63, 3.8) is 0 Å². The maximum absolute atomic E-state index is 11.3. The fourth-order valence-electron chi connectivity index (χ4n) is 2.78. The highest BCUT2D eigenvalue weighted by atomic mass is 16.1. The van der Waals surface area contributed by atoms with Crippen molar-refractivity contribution in [2.24, 2.45) is 10.8 Å². The number of piperidine rings is 1. The predicted molar refractivity (Wildman–Crippen MR) is 59.0 cm³/mol. The number of fused-ring (bicyclic) bond motifs is 1. The highest BCUT2D eigenvalue weighted by molar-refractivity contribution is 5.78. The first kappa shape index (κ1) is 11.5. The minimum absolute atomic E-state index is 0.238. The summed E-state index contributed by atoms with van der Waals surface area (Å²) in [5, 5.41) is 3.04. The molecule has 0 aromatic heterocycles. The SMILES string of the molecule is CC.CC1NC(=O)CC2(C)CCC12C. The van der Waals surface area contributed by atoms with E-state index in [2.05, 4.69) is 26.1 Å².